The van der Waals surface area contributed by atoms with Crippen LogP contribution in [0.2, 0.25) is 0 Å². The molecular weight excluding hydrogens is 342 g/mol. The molecule has 3 N–H and O–H groups in total. The standard InChI is InChI=1S/C15H13BrF2N2O/c16-10-2-3-11(17)13(14(10)18)15(20-19)9-1-4-12-8(7-9)5-6-21-12/h1-4,7,15,20H,5-6,19H2. The summed E-state index contributed by atoms with van der Waals surface area (Å²) in [5.41, 5.74) is 4.10. The first-order valence-electron chi connectivity index (χ1n) is 6.47. The highest BCUT2D eigenvalue weighted by Crippen LogP contribution is 2.33. The molecule has 0 radical (unpaired) electrons. The zero-order valence-corrected chi connectivity index (χ0v) is 12.6. The predicted octanol–water partition coefficient (Wildman–Crippen LogP) is 3.21. The summed E-state index contributed by atoms with van der Waals surface area (Å²) in [6.45, 7) is 0.624. The van der Waals surface area contributed by atoms with E-state index < -0.39 is 17.7 Å². The highest BCUT2D eigenvalue weighted by atomic mass is 79.9. The molecule has 0 saturated heterocycles. The number of nitrogens with two attached hydrogens (primary N) is 1. The van der Waals surface area contributed by atoms with Gasteiger partial charge < -0.3 is 4.74 Å². The van der Waals surface area contributed by atoms with Gasteiger partial charge in [-0.1, -0.05) is 12.1 Å². The van der Waals surface area contributed by atoms with E-state index in [0.29, 0.717) is 12.2 Å². The van der Waals surface area contributed by atoms with Gasteiger partial charge in [0.1, 0.15) is 17.4 Å². The number of hydrogen-bond donors (Lipinski definition) is 2. The molecular formula is C15H13BrF2N2O. The number of benzene rings is 2. The molecule has 1 aliphatic rings. The lowest BCUT2D eigenvalue weighted by atomic mass is 9.96. The van der Waals surface area contributed by atoms with E-state index in [1.54, 1.807) is 12.1 Å². The minimum Gasteiger partial charge on any atom is -0.493 e. The molecule has 0 amide bonds. The Balaban J connectivity index is 2.09. The van der Waals surface area contributed by atoms with Crippen LogP contribution in [0.15, 0.2) is 34.8 Å². The Labute approximate surface area is 129 Å². The van der Waals surface area contributed by atoms with Crippen molar-refractivity contribution in [2.24, 2.45) is 5.84 Å². The topological polar surface area (TPSA) is 47.3 Å². The van der Waals surface area contributed by atoms with Crippen molar-refractivity contribution in [3.05, 3.63) is 63.1 Å². The van der Waals surface area contributed by atoms with Gasteiger partial charge in [0, 0.05) is 12.0 Å². The molecule has 110 valence electrons. The van der Waals surface area contributed by atoms with Crippen LogP contribution in [0, 0.1) is 11.6 Å². The van der Waals surface area contributed by atoms with Crippen molar-refractivity contribution in [2.45, 2.75) is 12.5 Å². The predicted molar refractivity (Wildman–Crippen MR) is 78.9 cm³/mol. The van der Waals surface area contributed by atoms with Gasteiger partial charge in [-0.25, -0.2) is 14.2 Å². The molecule has 0 aliphatic carbocycles. The second kappa shape index (κ2) is 5.71. The summed E-state index contributed by atoms with van der Waals surface area (Å²) in [6.07, 6.45) is 0.782. The molecule has 1 heterocycles. The quantitative estimate of drug-likeness (QED) is 0.505. The number of fused-ring (bicyclic) bond motifs is 1. The van der Waals surface area contributed by atoms with E-state index in [4.69, 9.17) is 10.6 Å². The minimum atomic E-state index is -0.770. The van der Waals surface area contributed by atoms with Gasteiger partial charge in [0.2, 0.25) is 0 Å². The van der Waals surface area contributed by atoms with Gasteiger partial charge in [-0.05, 0) is 45.3 Å². The lowest BCUT2D eigenvalue weighted by molar-refractivity contribution is 0.356. The second-order valence-corrected chi connectivity index (χ2v) is 5.68. The zero-order chi connectivity index (χ0) is 15.0. The van der Waals surface area contributed by atoms with Crippen molar-refractivity contribution in [3.63, 3.8) is 0 Å². The van der Waals surface area contributed by atoms with E-state index >= 15 is 0 Å². The summed E-state index contributed by atoms with van der Waals surface area (Å²) in [5, 5.41) is 0. The van der Waals surface area contributed by atoms with Crippen molar-refractivity contribution < 1.29 is 13.5 Å². The van der Waals surface area contributed by atoms with Crippen LogP contribution in [0.3, 0.4) is 0 Å². The zero-order valence-electron chi connectivity index (χ0n) is 11.0. The van der Waals surface area contributed by atoms with Crippen LogP contribution in [0.4, 0.5) is 8.78 Å². The minimum absolute atomic E-state index is 0.106. The van der Waals surface area contributed by atoms with Crippen LogP contribution < -0.4 is 16.0 Å². The normalized spacial score (nSPS) is 14.7. The Morgan fingerprint density at radius 2 is 2.05 bits per heavy atom. The molecule has 0 spiro atoms. The molecule has 1 atom stereocenters. The Kier molecular flexibility index (Phi) is 3.93. The van der Waals surface area contributed by atoms with Gasteiger partial charge >= 0.3 is 0 Å². The lowest BCUT2D eigenvalue weighted by Crippen LogP contribution is -2.30. The van der Waals surface area contributed by atoms with Crippen molar-refractivity contribution >= 4 is 15.9 Å². The van der Waals surface area contributed by atoms with E-state index in [1.807, 2.05) is 6.07 Å². The molecule has 21 heavy (non-hydrogen) atoms. The highest BCUT2D eigenvalue weighted by molar-refractivity contribution is 9.10. The first-order valence-corrected chi connectivity index (χ1v) is 7.26. The first-order chi connectivity index (χ1) is 10.1. The van der Waals surface area contributed by atoms with Crippen LogP contribution in [0.25, 0.3) is 0 Å². The molecule has 6 heteroatoms. The molecule has 1 unspecified atom stereocenters. The van der Waals surface area contributed by atoms with E-state index in [9.17, 15) is 8.78 Å². The molecule has 0 aromatic heterocycles. The molecule has 1 aliphatic heterocycles. The summed E-state index contributed by atoms with van der Waals surface area (Å²) in [5.74, 6) is 5.05. The molecule has 0 fully saturated rings. The maximum absolute atomic E-state index is 14.3. The highest BCUT2D eigenvalue weighted by Gasteiger charge is 2.24. The van der Waals surface area contributed by atoms with Gasteiger partial charge in [-0.3, -0.25) is 5.84 Å². The van der Waals surface area contributed by atoms with Gasteiger partial charge in [-0.2, -0.15) is 0 Å². The van der Waals surface area contributed by atoms with Crippen LogP contribution in [-0.4, -0.2) is 6.61 Å². The van der Waals surface area contributed by atoms with Gasteiger partial charge in [0.05, 0.1) is 17.1 Å². The van der Waals surface area contributed by atoms with Crippen molar-refractivity contribution in [1.82, 2.24) is 5.43 Å². The third-order valence-electron chi connectivity index (χ3n) is 3.58. The fraction of sp³-hybridized carbons (Fsp3) is 0.200. The summed E-state index contributed by atoms with van der Waals surface area (Å²) in [7, 11) is 0. The van der Waals surface area contributed by atoms with Gasteiger partial charge in [0.25, 0.3) is 0 Å². The molecule has 2 aromatic carbocycles. The average Bonchev–Trinajstić information content (AvgIpc) is 2.95. The van der Waals surface area contributed by atoms with Gasteiger partial charge in [0.15, 0.2) is 0 Å². The van der Waals surface area contributed by atoms with E-state index in [0.717, 1.165) is 17.7 Å². The van der Waals surface area contributed by atoms with Crippen LogP contribution in [0.5, 0.6) is 5.75 Å². The number of hydrazine groups is 1. The van der Waals surface area contributed by atoms with Crippen molar-refractivity contribution in [1.29, 1.82) is 0 Å². The number of ether oxygens (including phenoxy) is 1. The SMILES string of the molecule is NNC(c1ccc2c(c1)CCO2)c1c(F)ccc(Br)c1F. The van der Waals surface area contributed by atoms with Crippen LogP contribution in [-0.2, 0) is 6.42 Å². The van der Waals surface area contributed by atoms with Crippen molar-refractivity contribution in [2.75, 3.05) is 6.61 Å². The largest absolute Gasteiger partial charge is 0.493 e. The summed E-state index contributed by atoms with van der Waals surface area (Å²) >= 11 is 3.07. The fourth-order valence-corrected chi connectivity index (χ4v) is 2.89. The second-order valence-electron chi connectivity index (χ2n) is 4.82. The third kappa shape index (κ3) is 2.54. The molecule has 2 aromatic rings. The average molecular weight is 355 g/mol. The molecule has 0 saturated carbocycles. The fourth-order valence-electron chi connectivity index (χ4n) is 2.54. The van der Waals surface area contributed by atoms with E-state index in [1.165, 1.54) is 12.1 Å². The molecule has 0 bridgehead atoms. The van der Waals surface area contributed by atoms with Crippen LogP contribution >= 0.6 is 15.9 Å². The number of nitrogens with one attached hydrogen (secondary N) is 1. The maximum atomic E-state index is 14.3. The summed E-state index contributed by atoms with van der Waals surface area (Å²) in [4.78, 5) is 0. The van der Waals surface area contributed by atoms with E-state index in [2.05, 4.69) is 21.4 Å². The van der Waals surface area contributed by atoms with Crippen molar-refractivity contribution in [3.8, 4) is 5.75 Å². The van der Waals surface area contributed by atoms with Gasteiger partial charge in [-0.15, -0.1) is 0 Å². The Bertz CT molecular complexity index is 694. The maximum Gasteiger partial charge on any atom is 0.145 e. The summed E-state index contributed by atoms with van der Waals surface area (Å²) in [6, 6.07) is 7.20. The third-order valence-corrected chi connectivity index (χ3v) is 4.19. The Morgan fingerprint density at radius 1 is 1.24 bits per heavy atom. The Hall–Kier alpha value is -1.50. The first kappa shape index (κ1) is 14.4. The lowest BCUT2D eigenvalue weighted by Gasteiger charge is -2.19. The van der Waals surface area contributed by atoms with E-state index in [-0.39, 0.29) is 10.0 Å². The Morgan fingerprint density at radius 3 is 2.81 bits per heavy atom. The smallest absolute Gasteiger partial charge is 0.145 e. The molecule has 3 rings (SSSR count). The monoisotopic (exact) mass is 354 g/mol. The van der Waals surface area contributed by atoms with Crippen LogP contribution in [0.1, 0.15) is 22.7 Å². The molecule has 3 nitrogen and oxygen atoms in total. The number of hydrogen-bond acceptors (Lipinski definition) is 3. The number of halogens is 3. The summed E-state index contributed by atoms with van der Waals surface area (Å²) < 4.78 is 33.9. The number of rotatable bonds is 3.